The van der Waals surface area contributed by atoms with Crippen LogP contribution in [0.2, 0.25) is 0 Å². The van der Waals surface area contributed by atoms with Gasteiger partial charge in [-0.3, -0.25) is 0 Å². The van der Waals surface area contributed by atoms with Gasteiger partial charge in [0, 0.05) is 6.04 Å². The lowest BCUT2D eigenvalue weighted by atomic mass is 9.73. The van der Waals surface area contributed by atoms with Gasteiger partial charge < -0.3 is 10.5 Å². The van der Waals surface area contributed by atoms with Gasteiger partial charge in [-0.2, -0.15) is 0 Å². The number of rotatable bonds is 1. The first-order chi connectivity index (χ1) is 5.23. The lowest BCUT2D eigenvalue weighted by Gasteiger charge is -2.48. The molecule has 0 amide bonds. The molecular weight excluding hydrogens is 138 g/mol. The molecule has 2 bridgehead atoms. The molecule has 3 rings (SSSR count). The Morgan fingerprint density at radius 3 is 2.36 bits per heavy atom. The zero-order valence-corrected chi connectivity index (χ0v) is 7.18. The van der Waals surface area contributed by atoms with Crippen molar-refractivity contribution in [3.05, 3.63) is 0 Å². The van der Waals surface area contributed by atoms with Gasteiger partial charge in [0.05, 0.1) is 12.2 Å². The second-order valence-corrected chi connectivity index (χ2v) is 4.11. The average Bonchev–Trinajstić information content (AvgIpc) is 2.08. The van der Waals surface area contributed by atoms with E-state index in [0.717, 1.165) is 12.5 Å². The number of hydrogen-bond acceptors (Lipinski definition) is 2. The van der Waals surface area contributed by atoms with Crippen molar-refractivity contribution in [3.63, 3.8) is 0 Å². The van der Waals surface area contributed by atoms with Crippen molar-refractivity contribution >= 4 is 0 Å². The largest absolute Gasteiger partial charge is 0.373 e. The highest BCUT2D eigenvalue weighted by molar-refractivity contribution is 4.97. The minimum atomic E-state index is 0.0642. The molecule has 64 valence electrons. The van der Waals surface area contributed by atoms with Gasteiger partial charge in [0.25, 0.3) is 0 Å². The molecule has 1 unspecified atom stereocenters. The highest BCUT2D eigenvalue weighted by Crippen LogP contribution is 2.42. The van der Waals surface area contributed by atoms with Crippen molar-refractivity contribution in [1.29, 1.82) is 0 Å². The van der Waals surface area contributed by atoms with Crippen LogP contribution in [0.1, 0.15) is 32.6 Å². The summed E-state index contributed by atoms with van der Waals surface area (Å²) in [5.41, 5.74) is 5.98. The third-order valence-electron chi connectivity index (χ3n) is 3.39. The average molecular weight is 155 g/mol. The molecule has 1 atom stereocenters. The summed E-state index contributed by atoms with van der Waals surface area (Å²) in [4.78, 5) is 0. The third kappa shape index (κ3) is 1.09. The number of hydrogen-bond donors (Lipinski definition) is 1. The van der Waals surface area contributed by atoms with E-state index in [4.69, 9.17) is 10.5 Å². The fourth-order valence-corrected chi connectivity index (χ4v) is 2.35. The maximum absolute atomic E-state index is 5.91. The Morgan fingerprint density at radius 1 is 1.45 bits per heavy atom. The molecule has 11 heavy (non-hydrogen) atoms. The van der Waals surface area contributed by atoms with Crippen LogP contribution in [-0.2, 0) is 4.74 Å². The zero-order chi connectivity index (χ0) is 7.90. The van der Waals surface area contributed by atoms with Crippen molar-refractivity contribution in [1.82, 2.24) is 0 Å². The maximum Gasteiger partial charge on any atom is 0.0830 e. The van der Waals surface area contributed by atoms with E-state index in [-0.39, 0.29) is 11.6 Å². The van der Waals surface area contributed by atoms with Crippen molar-refractivity contribution in [2.45, 2.75) is 44.2 Å². The van der Waals surface area contributed by atoms with E-state index in [1.165, 1.54) is 25.7 Å². The van der Waals surface area contributed by atoms with Crippen LogP contribution in [0.5, 0.6) is 0 Å². The molecule has 0 aromatic rings. The highest BCUT2D eigenvalue weighted by atomic mass is 16.5. The summed E-state index contributed by atoms with van der Waals surface area (Å²) < 4.78 is 5.80. The molecule has 1 aliphatic carbocycles. The smallest absolute Gasteiger partial charge is 0.0830 e. The predicted molar refractivity (Wildman–Crippen MR) is 44.3 cm³/mol. The summed E-state index contributed by atoms with van der Waals surface area (Å²) in [7, 11) is 0. The summed E-state index contributed by atoms with van der Waals surface area (Å²) in [5.74, 6) is 0.843. The van der Waals surface area contributed by atoms with Gasteiger partial charge in [0.2, 0.25) is 0 Å². The van der Waals surface area contributed by atoms with Crippen LogP contribution in [-0.4, -0.2) is 18.2 Å². The molecule has 2 saturated heterocycles. The molecule has 2 heteroatoms. The van der Waals surface area contributed by atoms with Crippen LogP contribution >= 0.6 is 0 Å². The summed E-state index contributed by atoms with van der Waals surface area (Å²) >= 11 is 0. The first-order valence-corrected chi connectivity index (χ1v) is 4.62. The van der Waals surface area contributed by atoms with E-state index in [2.05, 4.69) is 6.92 Å². The second kappa shape index (κ2) is 2.46. The molecule has 1 saturated carbocycles. The van der Waals surface area contributed by atoms with Gasteiger partial charge in [0.1, 0.15) is 0 Å². The number of nitrogens with two attached hydrogens (primary N) is 1. The molecule has 3 fully saturated rings. The van der Waals surface area contributed by atoms with E-state index < -0.39 is 0 Å². The van der Waals surface area contributed by atoms with Gasteiger partial charge >= 0.3 is 0 Å². The Labute approximate surface area is 68.1 Å². The fraction of sp³-hybridized carbons (Fsp3) is 1.00. The normalized spacial score (nSPS) is 45.8. The third-order valence-corrected chi connectivity index (χ3v) is 3.39. The van der Waals surface area contributed by atoms with Crippen molar-refractivity contribution in [2.75, 3.05) is 6.61 Å². The lowest BCUT2D eigenvalue weighted by Crippen LogP contribution is -2.55. The summed E-state index contributed by atoms with van der Waals surface area (Å²) in [6, 6.07) is 0.212. The Bertz CT molecular complexity index is 134. The molecule has 0 aromatic carbocycles. The SMILES string of the molecule is CC(N)C12CCC(CC1)CO2. The van der Waals surface area contributed by atoms with Crippen LogP contribution in [0, 0.1) is 5.92 Å². The van der Waals surface area contributed by atoms with E-state index in [0.29, 0.717) is 0 Å². The first kappa shape index (κ1) is 7.56. The van der Waals surface area contributed by atoms with Crippen LogP contribution in [0.3, 0.4) is 0 Å². The maximum atomic E-state index is 5.91. The highest BCUT2D eigenvalue weighted by Gasteiger charge is 2.43. The Balaban J connectivity index is 2.12. The van der Waals surface area contributed by atoms with E-state index >= 15 is 0 Å². The molecule has 0 aromatic heterocycles. The van der Waals surface area contributed by atoms with Crippen molar-refractivity contribution in [3.8, 4) is 0 Å². The lowest BCUT2D eigenvalue weighted by molar-refractivity contribution is -0.153. The van der Waals surface area contributed by atoms with E-state index in [9.17, 15) is 0 Å². The van der Waals surface area contributed by atoms with Crippen molar-refractivity contribution in [2.24, 2.45) is 11.7 Å². The molecule has 2 N–H and O–H groups in total. The summed E-state index contributed by atoms with van der Waals surface area (Å²) in [6.07, 6.45) is 5.05. The molecule has 2 heterocycles. The molecule has 0 spiro atoms. The Kier molecular flexibility index (Phi) is 1.69. The summed E-state index contributed by atoms with van der Waals surface area (Å²) in [6.45, 7) is 3.03. The first-order valence-electron chi connectivity index (χ1n) is 4.62. The monoisotopic (exact) mass is 155 g/mol. The van der Waals surface area contributed by atoms with Crippen LogP contribution < -0.4 is 5.73 Å². The molecule has 0 radical (unpaired) electrons. The van der Waals surface area contributed by atoms with E-state index in [1.807, 2.05) is 0 Å². The van der Waals surface area contributed by atoms with Gasteiger partial charge in [-0.1, -0.05) is 0 Å². The Morgan fingerprint density at radius 2 is 2.09 bits per heavy atom. The molecule has 2 nitrogen and oxygen atoms in total. The minimum Gasteiger partial charge on any atom is -0.373 e. The number of fused-ring (bicyclic) bond motifs is 3. The van der Waals surface area contributed by atoms with Gasteiger partial charge in [-0.15, -0.1) is 0 Å². The van der Waals surface area contributed by atoms with Gasteiger partial charge in [-0.05, 0) is 38.5 Å². The Hall–Kier alpha value is -0.0800. The molecular formula is C9H17NO. The topological polar surface area (TPSA) is 35.2 Å². The van der Waals surface area contributed by atoms with Crippen LogP contribution in [0.4, 0.5) is 0 Å². The molecule has 2 aliphatic heterocycles. The number of ether oxygens (including phenoxy) is 1. The predicted octanol–water partition coefficient (Wildman–Crippen LogP) is 1.29. The van der Waals surface area contributed by atoms with E-state index in [1.54, 1.807) is 0 Å². The van der Waals surface area contributed by atoms with Crippen LogP contribution in [0.15, 0.2) is 0 Å². The second-order valence-electron chi connectivity index (χ2n) is 4.11. The standard InChI is InChI=1S/C9H17NO/c1-7(10)9-4-2-8(3-5-9)6-11-9/h7-8H,2-6,10H2,1H3. The van der Waals surface area contributed by atoms with Crippen molar-refractivity contribution < 1.29 is 4.74 Å². The van der Waals surface area contributed by atoms with Gasteiger partial charge in [0.15, 0.2) is 0 Å². The quantitative estimate of drug-likeness (QED) is 0.619. The van der Waals surface area contributed by atoms with Crippen LogP contribution in [0.25, 0.3) is 0 Å². The van der Waals surface area contributed by atoms with Gasteiger partial charge in [-0.25, -0.2) is 0 Å². The zero-order valence-electron chi connectivity index (χ0n) is 7.18. The fourth-order valence-electron chi connectivity index (χ4n) is 2.35. The minimum absolute atomic E-state index is 0.0642. The molecule has 3 aliphatic rings. The summed E-state index contributed by atoms with van der Waals surface area (Å²) in [5, 5.41) is 0.